The Morgan fingerprint density at radius 2 is 2.31 bits per heavy atom. The molecule has 0 radical (unpaired) electrons. The standard InChI is InChI=1S/C10H9NO2/c1-7-4-6-13-10(7)9(12)8-3-2-5-11-8/h2-6,11H,1H3. The van der Waals surface area contributed by atoms with Gasteiger partial charge in [-0.25, -0.2) is 0 Å². The fourth-order valence-electron chi connectivity index (χ4n) is 1.20. The number of aryl methyl sites for hydroxylation is 1. The van der Waals surface area contributed by atoms with Gasteiger partial charge in [-0.3, -0.25) is 4.79 Å². The van der Waals surface area contributed by atoms with Crippen molar-refractivity contribution in [2.75, 3.05) is 0 Å². The number of hydrogen-bond donors (Lipinski definition) is 1. The number of ketones is 1. The largest absolute Gasteiger partial charge is 0.461 e. The van der Waals surface area contributed by atoms with Gasteiger partial charge in [0.2, 0.25) is 5.78 Å². The van der Waals surface area contributed by atoms with Crippen LogP contribution in [0.4, 0.5) is 0 Å². The number of rotatable bonds is 2. The summed E-state index contributed by atoms with van der Waals surface area (Å²) < 4.78 is 5.08. The highest BCUT2D eigenvalue weighted by Gasteiger charge is 2.14. The van der Waals surface area contributed by atoms with Gasteiger partial charge in [0.1, 0.15) is 0 Å². The molecule has 0 atom stereocenters. The molecule has 0 amide bonds. The van der Waals surface area contributed by atoms with Crippen LogP contribution in [0.25, 0.3) is 0 Å². The van der Waals surface area contributed by atoms with Gasteiger partial charge in [0.25, 0.3) is 0 Å². The molecule has 3 heteroatoms. The molecule has 1 N–H and O–H groups in total. The number of H-pyrrole nitrogens is 1. The number of hydrogen-bond acceptors (Lipinski definition) is 2. The fraction of sp³-hybridized carbons (Fsp3) is 0.100. The van der Waals surface area contributed by atoms with Crippen molar-refractivity contribution in [2.24, 2.45) is 0 Å². The lowest BCUT2D eigenvalue weighted by molar-refractivity contribution is 0.100. The Bertz CT molecular complexity index is 412. The highest BCUT2D eigenvalue weighted by atomic mass is 16.3. The Morgan fingerprint density at radius 3 is 2.85 bits per heavy atom. The molecule has 0 fully saturated rings. The van der Waals surface area contributed by atoms with Gasteiger partial charge < -0.3 is 9.40 Å². The molecule has 0 bridgehead atoms. The van der Waals surface area contributed by atoms with E-state index in [1.54, 1.807) is 24.4 Å². The lowest BCUT2D eigenvalue weighted by atomic mass is 10.2. The van der Waals surface area contributed by atoms with Crippen LogP contribution in [0.3, 0.4) is 0 Å². The highest BCUT2D eigenvalue weighted by Crippen LogP contribution is 2.13. The number of nitrogens with one attached hydrogen (secondary N) is 1. The molecule has 0 aliphatic rings. The van der Waals surface area contributed by atoms with Crippen LogP contribution in [-0.4, -0.2) is 10.8 Å². The highest BCUT2D eigenvalue weighted by molar-refractivity contribution is 6.06. The average Bonchev–Trinajstić information content (AvgIpc) is 2.72. The maximum atomic E-state index is 11.7. The minimum absolute atomic E-state index is 0.104. The zero-order chi connectivity index (χ0) is 9.26. The second-order valence-electron chi connectivity index (χ2n) is 2.85. The summed E-state index contributed by atoms with van der Waals surface area (Å²) in [6.45, 7) is 1.85. The first-order valence-corrected chi connectivity index (χ1v) is 4.01. The zero-order valence-electron chi connectivity index (χ0n) is 7.20. The van der Waals surface area contributed by atoms with E-state index >= 15 is 0 Å². The van der Waals surface area contributed by atoms with Crippen molar-refractivity contribution >= 4 is 5.78 Å². The minimum atomic E-state index is -0.104. The van der Waals surface area contributed by atoms with Crippen LogP contribution < -0.4 is 0 Å². The zero-order valence-corrected chi connectivity index (χ0v) is 7.20. The van der Waals surface area contributed by atoms with E-state index in [-0.39, 0.29) is 5.78 Å². The summed E-state index contributed by atoms with van der Waals surface area (Å²) in [6.07, 6.45) is 3.23. The summed E-state index contributed by atoms with van der Waals surface area (Å²) in [5.74, 6) is 0.301. The monoisotopic (exact) mass is 175 g/mol. The van der Waals surface area contributed by atoms with Gasteiger partial charge in [-0.1, -0.05) is 0 Å². The third-order valence-electron chi connectivity index (χ3n) is 1.91. The van der Waals surface area contributed by atoms with Crippen LogP contribution in [0, 0.1) is 6.92 Å². The van der Waals surface area contributed by atoms with Gasteiger partial charge in [-0.2, -0.15) is 0 Å². The third kappa shape index (κ3) is 1.28. The maximum Gasteiger partial charge on any atom is 0.244 e. The summed E-state index contributed by atoms with van der Waals surface area (Å²) in [5.41, 5.74) is 1.41. The van der Waals surface area contributed by atoms with E-state index in [9.17, 15) is 4.79 Å². The van der Waals surface area contributed by atoms with Gasteiger partial charge in [0.05, 0.1) is 12.0 Å². The van der Waals surface area contributed by atoms with E-state index in [0.717, 1.165) is 5.56 Å². The van der Waals surface area contributed by atoms with Gasteiger partial charge in [-0.15, -0.1) is 0 Å². The third-order valence-corrected chi connectivity index (χ3v) is 1.91. The molecule has 3 nitrogen and oxygen atoms in total. The van der Waals surface area contributed by atoms with Crippen molar-refractivity contribution in [1.29, 1.82) is 0 Å². The molecule has 0 unspecified atom stereocenters. The van der Waals surface area contributed by atoms with E-state index in [1.165, 1.54) is 6.26 Å². The molecule has 2 rings (SSSR count). The molecule has 0 aliphatic heterocycles. The van der Waals surface area contributed by atoms with Crippen LogP contribution in [0.5, 0.6) is 0 Å². The number of carbonyl (C=O) groups is 1. The summed E-state index contributed by atoms with van der Waals surface area (Å²) in [5, 5.41) is 0. The summed E-state index contributed by atoms with van der Waals surface area (Å²) in [6, 6.07) is 5.28. The molecule has 2 aromatic heterocycles. The first-order valence-electron chi connectivity index (χ1n) is 4.01. The first-order chi connectivity index (χ1) is 6.29. The Labute approximate surface area is 75.4 Å². The number of carbonyl (C=O) groups excluding carboxylic acids is 1. The quantitative estimate of drug-likeness (QED) is 0.711. The van der Waals surface area contributed by atoms with Crippen LogP contribution in [-0.2, 0) is 0 Å². The lowest BCUT2D eigenvalue weighted by Gasteiger charge is -1.94. The molecular weight excluding hydrogens is 166 g/mol. The summed E-state index contributed by atoms with van der Waals surface area (Å²) in [7, 11) is 0. The van der Waals surface area contributed by atoms with Gasteiger partial charge in [0.15, 0.2) is 5.76 Å². The van der Waals surface area contributed by atoms with E-state index < -0.39 is 0 Å². The molecule has 0 aliphatic carbocycles. The predicted molar refractivity (Wildman–Crippen MR) is 47.7 cm³/mol. The number of furan rings is 1. The number of aromatic amines is 1. The minimum Gasteiger partial charge on any atom is -0.461 e. The molecule has 0 spiro atoms. The van der Waals surface area contributed by atoms with E-state index in [4.69, 9.17) is 4.42 Å². The predicted octanol–water partition coefficient (Wildman–Crippen LogP) is 2.15. The van der Waals surface area contributed by atoms with E-state index in [1.807, 2.05) is 6.92 Å². The van der Waals surface area contributed by atoms with Crippen LogP contribution in [0.15, 0.2) is 35.1 Å². The molecule has 13 heavy (non-hydrogen) atoms. The maximum absolute atomic E-state index is 11.7. The molecule has 0 saturated carbocycles. The second kappa shape index (κ2) is 2.94. The molecule has 2 heterocycles. The van der Waals surface area contributed by atoms with Crippen LogP contribution >= 0.6 is 0 Å². The lowest BCUT2D eigenvalue weighted by Crippen LogP contribution is -2.01. The van der Waals surface area contributed by atoms with Gasteiger partial charge in [-0.05, 0) is 30.7 Å². The molecule has 0 saturated heterocycles. The van der Waals surface area contributed by atoms with Crippen molar-refractivity contribution in [2.45, 2.75) is 6.92 Å². The van der Waals surface area contributed by atoms with E-state index in [2.05, 4.69) is 4.98 Å². The second-order valence-corrected chi connectivity index (χ2v) is 2.85. The topological polar surface area (TPSA) is 46.0 Å². The average molecular weight is 175 g/mol. The van der Waals surface area contributed by atoms with Gasteiger partial charge in [0, 0.05) is 6.20 Å². The van der Waals surface area contributed by atoms with Crippen molar-refractivity contribution < 1.29 is 9.21 Å². The molecular formula is C10H9NO2. The van der Waals surface area contributed by atoms with Crippen LogP contribution in [0.1, 0.15) is 21.8 Å². The Morgan fingerprint density at radius 1 is 1.46 bits per heavy atom. The fourth-order valence-corrected chi connectivity index (χ4v) is 1.20. The van der Waals surface area contributed by atoms with Crippen molar-refractivity contribution in [3.8, 4) is 0 Å². The molecule has 0 aromatic carbocycles. The number of aromatic nitrogens is 1. The van der Waals surface area contributed by atoms with Crippen molar-refractivity contribution in [3.05, 3.63) is 47.7 Å². The first kappa shape index (κ1) is 7.86. The van der Waals surface area contributed by atoms with E-state index in [0.29, 0.717) is 11.5 Å². The molecule has 66 valence electrons. The molecule has 2 aromatic rings. The normalized spacial score (nSPS) is 10.2. The SMILES string of the molecule is Cc1ccoc1C(=O)c1ccc[nH]1. The Kier molecular flexibility index (Phi) is 1.77. The summed E-state index contributed by atoms with van der Waals surface area (Å²) >= 11 is 0. The van der Waals surface area contributed by atoms with Crippen molar-refractivity contribution in [3.63, 3.8) is 0 Å². The smallest absolute Gasteiger partial charge is 0.244 e. The van der Waals surface area contributed by atoms with Gasteiger partial charge >= 0.3 is 0 Å². The van der Waals surface area contributed by atoms with Crippen molar-refractivity contribution in [1.82, 2.24) is 4.98 Å². The Balaban J connectivity index is 2.39. The Hall–Kier alpha value is -1.77. The summed E-state index contributed by atoms with van der Waals surface area (Å²) in [4.78, 5) is 14.5. The van der Waals surface area contributed by atoms with Crippen LogP contribution in [0.2, 0.25) is 0 Å².